The smallest absolute Gasteiger partial charge is 0.308 e. The third-order valence-electron chi connectivity index (χ3n) is 4.15. The van der Waals surface area contributed by atoms with E-state index in [9.17, 15) is 4.79 Å². The van der Waals surface area contributed by atoms with Crippen molar-refractivity contribution in [1.29, 1.82) is 0 Å². The van der Waals surface area contributed by atoms with Crippen LogP contribution in [0.3, 0.4) is 0 Å². The molecule has 3 nitrogen and oxygen atoms in total. The fraction of sp³-hybridized carbons (Fsp3) is 0.650. The zero-order valence-electron chi connectivity index (χ0n) is 14.9. The van der Waals surface area contributed by atoms with Crippen molar-refractivity contribution in [3.8, 4) is 0 Å². The first kappa shape index (κ1) is 19.7. The molecule has 0 saturated heterocycles. The summed E-state index contributed by atoms with van der Waals surface area (Å²) in [6.45, 7) is 7.22. The third-order valence-corrected chi connectivity index (χ3v) is 4.15. The van der Waals surface area contributed by atoms with Gasteiger partial charge >= 0.3 is 5.97 Å². The molecule has 2 atom stereocenters. The Morgan fingerprint density at radius 3 is 2.39 bits per heavy atom. The summed E-state index contributed by atoms with van der Waals surface area (Å²) >= 11 is 0. The summed E-state index contributed by atoms with van der Waals surface area (Å²) in [5.41, 5.74) is 1.22. The largest absolute Gasteiger partial charge is 0.466 e. The second kappa shape index (κ2) is 12.1. The molecule has 0 spiro atoms. The van der Waals surface area contributed by atoms with Crippen LogP contribution in [0.5, 0.6) is 0 Å². The van der Waals surface area contributed by atoms with E-state index in [1.54, 1.807) is 0 Å². The molecule has 0 aliphatic rings. The number of ether oxygens (including phenoxy) is 2. The summed E-state index contributed by atoms with van der Waals surface area (Å²) in [5.74, 6) is 0.0382. The Bertz CT molecular complexity index is 416. The van der Waals surface area contributed by atoms with Gasteiger partial charge < -0.3 is 9.47 Å². The highest BCUT2D eigenvalue weighted by Gasteiger charge is 2.16. The van der Waals surface area contributed by atoms with Crippen molar-refractivity contribution >= 4 is 5.97 Å². The lowest BCUT2D eigenvalue weighted by Crippen LogP contribution is -2.17. The molecule has 0 saturated carbocycles. The van der Waals surface area contributed by atoms with Crippen LogP contribution in [0.1, 0.15) is 64.9 Å². The number of esters is 1. The monoisotopic (exact) mass is 320 g/mol. The van der Waals surface area contributed by atoms with E-state index in [-0.39, 0.29) is 18.0 Å². The Balaban J connectivity index is 2.08. The van der Waals surface area contributed by atoms with Crippen LogP contribution in [0.2, 0.25) is 0 Å². The molecule has 0 aliphatic carbocycles. The summed E-state index contributed by atoms with van der Waals surface area (Å²) in [7, 11) is 0. The molecular weight excluding hydrogens is 288 g/mol. The van der Waals surface area contributed by atoms with E-state index in [1.165, 1.54) is 5.56 Å². The van der Waals surface area contributed by atoms with Crippen LogP contribution in [-0.2, 0) is 20.9 Å². The molecule has 130 valence electrons. The minimum Gasteiger partial charge on any atom is -0.466 e. The molecule has 2 unspecified atom stereocenters. The highest BCUT2D eigenvalue weighted by molar-refractivity contribution is 5.72. The number of carbonyl (C=O) groups is 1. The van der Waals surface area contributed by atoms with Gasteiger partial charge in [0.2, 0.25) is 0 Å². The molecule has 23 heavy (non-hydrogen) atoms. The molecule has 0 radical (unpaired) electrons. The first-order valence-corrected chi connectivity index (χ1v) is 8.99. The van der Waals surface area contributed by atoms with Crippen molar-refractivity contribution in [3.63, 3.8) is 0 Å². The topological polar surface area (TPSA) is 35.5 Å². The van der Waals surface area contributed by atoms with Gasteiger partial charge in [-0.3, -0.25) is 4.79 Å². The zero-order valence-corrected chi connectivity index (χ0v) is 14.9. The predicted molar refractivity (Wildman–Crippen MR) is 94.2 cm³/mol. The van der Waals surface area contributed by atoms with Crippen LogP contribution < -0.4 is 0 Å². The van der Waals surface area contributed by atoms with Crippen LogP contribution in [-0.4, -0.2) is 18.7 Å². The number of unbranched alkanes of at least 4 members (excludes halogenated alkanes) is 2. The van der Waals surface area contributed by atoms with Gasteiger partial charge in [-0.1, -0.05) is 56.5 Å². The van der Waals surface area contributed by atoms with E-state index < -0.39 is 0 Å². The van der Waals surface area contributed by atoms with Crippen LogP contribution in [0.4, 0.5) is 0 Å². The molecule has 0 heterocycles. The van der Waals surface area contributed by atoms with Crippen molar-refractivity contribution in [2.75, 3.05) is 6.61 Å². The van der Waals surface area contributed by atoms with Crippen LogP contribution in [0.15, 0.2) is 30.3 Å². The Kier molecular flexibility index (Phi) is 10.4. The first-order valence-electron chi connectivity index (χ1n) is 8.99. The Hall–Kier alpha value is -1.35. The summed E-state index contributed by atoms with van der Waals surface area (Å²) < 4.78 is 11.0. The molecule has 1 aromatic carbocycles. The van der Waals surface area contributed by atoms with Crippen LogP contribution in [0, 0.1) is 5.92 Å². The highest BCUT2D eigenvalue weighted by Crippen LogP contribution is 2.17. The lowest BCUT2D eigenvalue weighted by atomic mass is 9.98. The van der Waals surface area contributed by atoms with Gasteiger partial charge in [0.25, 0.3) is 0 Å². The number of benzene rings is 1. The SMILES string of the molecule is CCOC(=O)C(CC)CCCCCC(C)OCc1ccccc1. The van der Waals surface area contributed by atoms with Gasteiger partial charge in [0.05, 0.1) is 25.2 Å². The average molecular weight is 320 g/mol. The number of carbonyl (C=O) groups excluding carboxylic acids is 1. The average Bonchev–Trinajstić information content (AvgIpc) is 2.57. The molecule has 0 bridgehead atoms. The van der Waals surface area contributed by atoms with Crippen molar-refractivity contribution in [2.45, 2.75) is 72.0 Å². The number of hydrogen-bond donors (Lipinski definition) is 0. The van der Waals surface area contributed by atoms with Gasteiger partial charge in [0.15, 0.2) is 0 Å². The van der Waals surface area contributed by atoms with Gasteiger partial charge in [0, 0.05) is 0 Å². The second-order valence-corrected chi connectivity index (χ2v) is 6.10. The first-order chi connectivity index (χ1) is 11.2. The quantitative estimate of drug-likeness (QED) is 0.395. The minimum atomic E-state index is -0.0328. The maximum Gasteiger partial charge on any atom is 0.308 e. The van der Waals surface area contributed by atoms with Gasteiger partial charge in [-0.25, -0.2) is 0 Å². The van der Waals surface area contributed by atoms with E-state index in [0.717, 1.165) is 38.5 Å². The Labute approximate surface area is 141 Å². The summed E-state index contributed by atoms with van der Waals surface area (Å²) in [4.78, 5) is 11.7. The minimum absolute atomic E-state index is 0.0328. The number of rotatable bonds is 12. The van der Waals surface area contributed by atoms with Crippen molar-refractivity contribution < 1.29 is 14.3 Å². The summed E-state index contributed by atoms with van der Waals surface area (Å²) in [5, 5.41) is 0. The van der Waals surface area contributed by atoms with Crippen LogP contribution in [0.25, 0.3) is 0 Å². The lowest BCUT2D eigenvalue weighted by molar-refractivity contribution is -0.148. The van der Waals surface area contributed by atoms with Crippen molar-refractivity contribution in [3.05, 3.63) is 35.9 Å². The van der Waals surface area contributed by atoms with Gasteiger partial charge in [-0.05, 0) is 38.7 Å². The highest BCUT2D eigenvalue weighted by atomic mass is 16.5. The Morgan fingerprint density at radius 2 is 1.74 bits per heavy atom. The van der Waals surface area contributed by atoms with Gasteiger partial charge in [-0.2, -0.15) is 0 Å². The second-order valence-electron chi connectivity index (χ2n) is 6.10. The van der Waals surface area contributed by atoms with Gasteiger partial charge in [-0.15, -0.1) is 0 Å². The van der Waals surface area contributed by atoms with Crippen LogP contribution >= 0.6 is 0 Å². The van der Waals surface area contributed by atoms with E-state index in [2.05, 4.69) is 26.0 Å². The molecule has 0 aromatic heterocycles. The fourth-order valence-corrected chi connectivity index (χ4v) is 2.64. The number of hydrogen-bond acceptors (Lipinski definition) is 3. The Morgan fingerprint density at radius 1 is 1.04 bits per heavy atom. The standard InChI is InChI=1S/C20H32O3/c1-4-19(20(21)22-5-2)15-11-6-8-12-17(3)23-16-18-13-9-7-10-14-18/h7,9-10,13-14,17,19H,4-6,8,11-12,15-16H2,1-3H3. The molecule has 3 heteroatoms. The lowest BCUT2D eigenvalue weighted by Gasteiger charge is -2.15. The molecular formula is C20H32O3. The van der Waals surface area contributed by atoms with E-state index in [4.69, 9.17) is 9.47 Å². The van der Waals surface area contributed by atoms with E-state index >= 15 is 0 Å². The summed E-state index contributed by atoms with van der Waals surface area (Å²) in [6.07, 6.45) is 6.54. The zero-order chi connectivity index (χ0) is 16.9. The third kappa shape index (κ3) is 8.75. The maximum atomic E-state index is 11.7. The summed E-state index contributed by atoms with van der Waals surface area (Å²) in [6, 6.07) is 10.3. The fourth-order valence-electron chi connectivity index (χ4n) is 2.64. The normalized spacial score (nSPS) is 13.5. The molecule has 1 rings (SSSR count). The molecule has 0 amide bonds. The van der Waals surface area contributed by atoms with E-state index in [1.807, 2.05) is 25.1 Å². The molecule has 0 N–H and O–H groups in total. The maximum absolute atomic E-state index is 11.7. The molecule has 0 aliphatic heterocycles. The van der Waals surface area contributed by atoms with Crippen molar-refractivity contribution in [1.82, 2.24) is 0 Å². The van der Waals surface area contributed by atoms with Gasteiger partial charge in [0.1, 0.15) is 0 Å². The molecule has 1 aromatic rings. The van der Waals surface area contributed by atoms with E-state index in [0.29, 0.717) is 13.2 Å². The predicted octanol–water partition coefficient (Wildman–Crippen LogP) is 5.13. The van der Waals surface area contributed by atoms with Crippen molar-refractivity contribution in [2.24, 2.45) is 5.92 Å². The molecule has 0 fully saturated rings.